The molecular formula is C12H14N4O2. The molecule has 1 aromatic heterocycles. The normalized spacial score (nSPS) is 10.7. The first kappa shape index (κ1) is 12.0. The van der Waals surface area contributed by atoms with Gasteiger partial charge < -0.3 is 21.8 Å². The number of aryl methyl sites for hydroxylation is 1. The maximum atomic E-state index is 12.1. The Morgan fingerprint density at radius 1 is 1.28 bits per heavy atom. The number of pyridine rings is 1. The Hall–Kier alpha value is -2.50. The lowest BCUT2D eigenvalue weighted by atomic mass is 10.1. The maximum Gasteiger partial charge on any atom is 0.254 e. The Bertz CT molecular complexity index is 703. The van der Waals surface area contributed by atoms with E-state index in [9.17, 15) is 9.59 Å². The van der Waals surface area contributed by atoms with Crippen LogP contribution in [0.25, 0.3) is 10.9 Å². The number of aromatic nitrogens is 1. The first-order valence-electron chi connectivity index (χ1n) is 5.47. The van der Waals surface area contributed by atoms with E-state index >= 15 is 0 Å². The van der Waals surface area contributed by atoms with Crippen molar-refractivity contribution in [2.45, 2.75) is 13.5 Å². The Morgan fingerprint density at radius 3 is 2.44 bits per heavy atom. The van der Waals surface area contributed by atoms with E-state index in [4.69, 9.17) is 17.2 Å². The molecule has 0 aliphatic carbocycles. The van der Waals surface area contributed by atoms with E-state index in [0.717, 1.165) is 0 Å². The summed E-state index contributed by atoms with van der Waals surface area (Å²) in [7, 11) is 0. The Morgan fingerprint density at radius 2 is 1.89 bits per heavy atom. The molecule has 6 nitrogen and oxygen atoms in total. The highest BCUT2D eigenvalue weighted by Gasteiger charge is 2.13. The summed E-state index contributed by atoms with van der Waals surface area (Å²) in [6.07, 6.45) is 1.45. The highest BCUT2D eigenvalue weighted by atomic mass is 16.2. The van der Waals surface area contributed by atoms with Gasteiger partial charge >= 0.3 is 0 Å². The number of nitrogens with zero attached hydrogens (tertiary/aromatic N) is 1. The number of nitrogens with two attached hydrogens (primary N) is 3. The minimum Gasteiger partial charge on any atom is -0.397 e. The lowest BCUT2D eigenvalue weighted by Gasteiger charge is -2.12. The minimum atomic E-state index is -0.750. The Kier molecular flexibility index (Phi) is 2.70. The molecule has 6 heteroatoms. The van der Waals surface area contributed by atoms with E-state index in [1.165, 1.54) is 12.3 Å². The van der Waals surface area contributed by atoms with Crippen LogP contribution in [-0.2, 0) is 6.54 Å². The highest BCUT2D eigenvalue weighted by Crippen LogP contribution is 2.22. The number of rotatable bonds is 2. The summed E-state index contributed by atoms with van der Waals surface area (Å²) < 4.78 is 1.74. The number of carbonyl (C=O) groups excluding carboxylic acids is 1. The summed E-state index contributed by atoms with van der Waals surface area (Å²) in [6, 6.07) is 3.10. The zero-order valence-corrected chi connectivity index (χ0v) is 9.93. The van der Waals surface area contributed by atoms with Crippen LogP contribution in [0.4, 0.5) is 11.4 Å². The van der Waals surface area contributed by atoms with Crippen molar-refractivity contribution < 1.29 is 4.79 Å². The van der Waals surface area contributed by atoms with Gasteiger partial charge in [0.05, 0.1) is 16.9 Å². The predicted octanol–water partition coefficient (Wildman–Crippen LogP) is 0.285. The van der Waals surface area contributed by atoms with E-state index in [-0.39, 0.29) is 5.56 Å². The topological polar surface area (TPSA) is 117 Å². The van der Waals surface area contributed by atoms with Gasteiger partial charge in [-0.05, 0) is 19.1 Å². The lowest BCUT2D eigenvalue weighted by molar-refractivity contribution is 0.0999. The van der Waals surface area contributed by atoms with Crippen LogP contribution in [0, 0.1) is 0 Å². The van der Waals surface area contributed by atoms with Crippen LogP contribution in [0.3, 0.4) is 0 Å². The summed E-state index contributed by atoms with van der Waals surface area (Å²) in [4.78, 5) is 23.3. The smallest absolute Gasteiger partial charge is 0.254 e. The van der Waals surface area contributed by atoms with Crippen molar-refractivity contribution in [1.82, 2.24) is 4.57 Å². The molecule has 1 amide bonds. The van der Waals surface area contributed by atoms with Crippen molar-refractivity contribution in [1.29, 1.82) is 0 Å². The SMILES string of the molecule is CCn1cc(C(N)=O)c(=O)c2cc(N)c(N)cc21. The summed E-state index contributed by atoms with van der Waals surface area (Å²) in [5, 5.41) is 0.347. The number of hydrogen-bond donors (Lipinski definition) is 3. The van der Waals surface area contributed by atoms with Crippen molar-refractivity contribution in [3.63, 3.8) is 0 Å². The van der Waals surface area contributed by atoms with E-state index in [1.54, 1.807) is 10.6 Å². The fourth-order valence-corrected chi connectivity index (χ4v) is 1.91. The largest absolute Gasteiger partial charge is 0.397 e. The fraction of sp³-hybridized carbons (Fsp3) is 0.167. The van der Waals surface area contributed by atoms with Gasteiger partial charge in [0.1, 0.15) is 5.56 Å². The molecule has 0 saturated carbocycles. The predicted molar refractivity (Wildman–Crippen MR) is 71.2 cm³/mol. The Balaban J connectivity index is 2.99. The molecule has 1 aromatic carbocycles. The molecule has 2 aromatic rings. The molecule has 6 N–H and O–H groups in total. The van der Waals surface area contributed by atoms with Crippen molar-refractivity contribution >= 4 is 28.2 Å². The Labute approximate surface area is 103 Å². The monoisotopic (exact) mass is 246 g/mol. The molecule has 2 rings (SSSR count). The first-order valence-corrected chi connectivity index (χ1v) is 5.47. The third-order valence-electron chi connectivity index (χ3n) is 2.89. The van der Waals surface area contributed by atoms with Crippen LogP contribution in [0.15, 0.2) is 23.1 Å². The number of amides is 1. The van der Waals surface area contributed by atoms with Crippen LogP contribution in [0.2, 0.25) is 0 Å². The summed E-state index contributed by atoms with van der Waals surface area (Å²) in [5.74, 6) is -0.750. The van der Waals surface area contributed by atoms with Gasteiger partial charge in [-0.1, -0.05) is 0 Å². The molecule has 0 saturated heterocycles. The third-order valence-corrected chi connectivity index (χ3v) is 2.89. The first-order chi connectivity index (χ1) is 8.45. The zero-order chi connectivity index (χ0) is 13.4. The maximum absolute atomic E-state index is 12.1. The van der Waals surface area contributed by atoms with E-state index in [0.29, 0.717) is 28.8 Å². The third kappa shape index (κ3) is 1.67. The quantitative estimate of drug-likeness (QED) is 0.660. The number of carbonyl (C=O) groups is 1. The zero-order valence-electron chi connectivity index (χ0n) is 9.93. The van der Waals surface area contributed by atoms with Gasteiger partial charge in [0.15, 0.2) is 0 Å². The average Bonchev–Trinajstić information content (AvgIpc) is 2.32. The molecule has 0 unspecified atom stereocenters. The molecule has 0 radical (unpaired) electrons. The van der Waals surface area contributed by atoms with Crippen molar-refractivity contribution in [3.05, 3.63) is 34.1 Å². The number of nitrogen functional groups attached to an aromatic ring is 2. The highest BCUT2D eigenvalue weighted by molar-refractivity contribution is 5.97. The van der Waals surface area contributed by atoms with Gasteiger partial charge in [0, 0.05) is 18.1 Å². The van der Waals surface area contributed by atoms with E-state index < -0.39 is 11.3 Å². The van der Waals surface area contributed by atoms with Crippen molar-refractivity contribution in [2.75, 3.05) is 11.5 Å². The second-order valence-electron chi connectivity index (χ2n) is 4.02. The lowest BCUT2D eigenvalue weighted by Crippen LogP contribution is -2.24. The average molecular weight is 246 g/mol. The van der Waals surface area contributed by atoms with Crippen LogP contribution in [0.1, 0.15) is 17.3 Å². The van der Waals surface area contributed by atoms with Crippen LogP contribution < -0.4 is 22.6 Å². The van der Waals surface area contributed by atoms with Gasteiger partial charge in [0.2, 0.25) is 5.43 Å². The number of hydrogen-bond acceptors (Lipinski definition) is 4. The number of primary amides is 1. The summed E-state index contributed by atoms with van der Waals surface area (Å²) in [6.45, 7) is 2.47. The molecule has 0 aliphatic heterocycles. The van der Waals surface area contributed by atoms with Gasteiger partial charge in [-0.25, -0.2) is 0 Å². The molecule has 0 fully saturated rings. The number of fused-ring (bicyclic) bond motifs is 1. The molecule has 0 spiro atoms. The second kappa shape index (κ2) is 4.06. The molecular weight excluding hydrogens is 232 g/mol. The summed E-state index contributed by atoms with van der Waals surface area (Å²) >= 11 is 0. The minimum absolute atomic E-state index is 0.0477. The standard InChI is InChI=1S/C12H14N4O2/c1-2-16-5-7(12(15)18)11(17)6-3-8(13)9(14)4-10(6)16/h3-5H,2,13-14H2,1H3,(H2,15,18). The van der Waals surface area contributed by atoms with Gasteiger partial charge in [0.25, 0.3) is 5.91 Å². The van der Waals surface area contributed by atoms with Gasteiger partial charge in [-0.3, -0.25) is 9.59 Å². The van der Waals surface area contributed by atoms with Crippen LogP contribution in [0.5, 0.6) is 0 Å². The number of anilines is 2. The molecule has 0 aliphatic rings. The van der Waals surface area contributed by atoms with Gasteiger partial charge in [-0.2, -0.15) is 0 Å². The molecule has 0 bridgehead atoms. The van der Waals surface area contributed by atoms with Crippen molar-refractivity contribution in [3.8, 4) is 0 Å². The van der Waals surface area contributed by atoms with Crippen LogP contribution >= 0.6 is 0 Å². The second-order valence-corrected chi connectivity index (χ2v) is 4.02. The van der Waals surface area contributed by atoms with Gasteiger partial charge in [-0.15, -0.1) is 0 Å². The number of benzene rings is 1. The fourth-order valence-electron chi connectivity index (χ4n) is 1.91. The van der Waals surface area contributed by atoms with E-state index in [2.05, 4.69) is 0 Å². The molecule has 1 heterocycles. The molecule has 94 valence electrons. The summed E-state index contributed by atoms with van der Waals surface area (Å²) in [5.41, 5.74) is 17.5. The van der Waals surface area contributed by atoms with Crippen molar-refractivity contribution in [2.24, 2.45) is 5.73 Å². The van der Waals surface area contributed by atoms with E-state index in [1.807, 2.05) is 6.92 Å². The molecule has 18 heavy (non-hydrogen) atoms. The van der Waals surface area contributed by atoms with Crippen LogP contribution in [-0.4, -0.2) is 10.5 Å². The molecule has 0 atom stereocenters.